The van der Waals surface area contributed by atoms with Crippen molar-refractivity contribution in [3.63, 3.8) is 0 Å². The molecule has 0 saturated carbocycles. The van der Waals surface area contributed by atoms with Gasteiger partial charge in [-0.3, -0.25) is 14.6 Å². The van der Waals surface area contributed by atoms with Crippen molar-refractivity contribution in [1.29, 1.82) is 0 Å². The Hall–Kier alpha value is -1.95. The van der Waals surface area contributed by atoms with Crippen molar-refractivity contribution in [1.82, 2.24) is 9.88 Å². The van der Waals surface area contributed by atoms with E-state index < -0.39 is 17.9 Å². The van der Waals surface area contributed by atoms with E-state index in [1.807, 2.05) is 6.07 Å². The molecule has 2 unspecified atom stereocenters. The summed E-state index contributed by atoms with van der Waals surface area (Å²) in [4.78, 5) is 28.7. The fourth-order valence-electron chi connectivity index (χ4n) is 2.13. The average molecular weight is 264 g/mol. The van der Waals surface area contributed by atoms with Gasteiger partial charge in [0.2, 0.25) is 5.91 Å². The maximum atomic E-state index is 12.1. The van der Waals surface area contributed by atoms with Gasteiger partial charge in [0.15, 0.2) is 0 Å². The van der Waals surface area contributed by atoms with Crippen LogP contribution in [-0.4, -0.2) is 53.2 Å². The van der Waals surface area contributed by atoms with Crippen LogP contribution in [0.1, 0.15) is 5.69 Å². The van der Waals surface area contributed by atoms with Crippen LogP contribution in [0.3, 0.4) is 0 Å². The first-order valence-electron chi connectivity index (χ1n) is 6.05. The third kappa shape index (κ3) is 3.08. The third-order valence-electron chi connectivity index (χ3n) is 3.32. The molecule has 0 radical (unpaired) electrons. The van der Waals surface area contributed by atoms with E-state index in [1.165, 1.54) is 4.90 Å². The third-order valence-corrected chi connectivity index (χ3v) is 3.32. The molecule has 0 bridgehead atoms. The van der Waals surface area contributed by atoms with Crippen molar-refractivity contribution in [3.05, 3.63) is 30.1 Å². The minimum Gasteiger partial charge on any atom is -0.481 e. The maximum absolute atomic E-state index is 12.1. The standard InChI is InChI=1S/C13H16N2O4/c1-15(11-8-19-7-10(11)13(17)18)12(16)6-9-4-2-3-5-14-9/h2-5,10-11H,6-8H2,1H3,(H,17,18). The number of likely N-dealkylation sites (N-methyl/N-ethyl adjacent to an activating group) is 1. The minimum atomic E-state index is -0.931. The summed E-state index contributed by atoms with van der Waals surface area (Å²) < 4.78 is 5.16. The lowest BCUT2D eigenvalue weighted by Gasteiger charge is -2.26. The number of carbonyl (C=O) groups excluding carboxylic acids is 1. The zero-order chi connectivity index (χ0) is 13.8. The lowest BCUT2D eigenvalue weighted by Crippen LogP contribution is -2.44. The second-order valence-electron chi connectivity index (χ2n) is 4.55. The molecule has 2 rings (SSSR count). The van der Waals surface area contributed by atoms with Crippen LogP contribution in [0.4, 0.5) is 0 Å². The van der Waals surface area contributed by atoms with Crippen LogP contribution >= 0.6 is 0 Å². The fraction of sp³-hybridized carbons (Fsp3) is 0.462. The highest BCUT2D eigenvalue weighted by atomic mass is 16.5. The Morgan fingerprint density at radius 3 is 2.89 bits per heavy atom. The van der Waals surface area contributed by atoms with Crippen molar-refractivity contribution >= 4 is 11.9 Å². The molecule has 1 fully saturated rings. The summed E-state index contributed by atoms with van der Waals surface area (Å²) in [6.45, 7) is 0.419. The van der Waals surface area contributed by atoms with Gasteiger partial charge in [-0.25, -0.2) is 0 Å². The summed E-state index contributed by atoms with van der Waals surface area (Å²) in [5, 5.41) is 9.07. The van der Waals surface area contributed by atoms with Gasteiger partial charge in [0.05, 0.1) is 25.7 Å². The predicted molar refractivity (Wildman–Crippen MR) is 66.4 cm³/mol. The van der Waals surface area contributed by atoms with Gasteiger partial charge in [0, 0.05) is 18.9 Å². The monoisotopic (exact) mass is 264 g/mol. The van der Waals surface area contributed by atoms with Crippen molar-refractivity contribution in [2.75, 3.05) is 20.3 Å². The molecular formula is C13H16N2O4. The first kappa shape index (κ1) is 13.5. The van der Waals surface area contributed by atoms with E-state index in [2.05, 4.69) is 4.98 Å². The zero-order valence-corrected chi connectivity index (χ0v) is 10.7. The maximum Gasteiger partial charge on any atom is 0.311 e. The van der Waals surface area contributed by atoms with Gasteiger partial charge in [-0.1, -0.05) is 6.07 Å². The highest BCUT2D eigenvalue weighted by molar-refractivity contribution is 5.80. The molecule has 1 aliphatic rings. The van der Waals surface area contributed by atoms with E-state index in [-0.39, 0.29) is 25.5 Å². The van der Waals surface area contributed by atoms with Crippen LogP contribution < -0.4 is 0 Å². The number of ether oxygens (including phenoxy) is 1. The number of hydrogen-bond acceptors (Lipinski definition) is 4. The van der Waals surface area contributed by atoms with Gasteiger partial charge in [-0.05, 0) is 12.1 Å². The molecule has 1 N–H and O–H groups in total. The van der Waals surface area contributed by atoms with E-state index in [0.717, 1.165) is 0 Å². The molecule has 1 aliphatic heterocycles. The number of aromatic nitrogens is 1. The van der Waals surface area contributed by atoms with Gasteiger partial charge in [0.1, 0.15) is 5.92 Å². The number of carbonyl (C=O) groups is 2. The summed E-state index contributed by atoms with van der Waals surface area (Å²) in [6.07, 6.45) is 1.79. The second-order valence-corrected chi connectivity index (χ2v) is 4.55. The molecule has 1 aromatic rings. The normalized spacial score (nSPS) is 22.2. The summed E-state index contributed by atoms with van der Waals surface area (Å²) in [5.74, 6) is -1.74. The largest absolute Gasteiger partial charge is 0.481 e. The molecule has 0 aromatic carbocycles. The number of carboxylic acid groups (broad SMARTS) is 1. The van der Waals surface area contributed by atoms with E-state index in [1.54, 1.807) is 25.4 Å². The van der Waals surface area contributed by atoms with Crippen LogP contribution in [-0.2, 0) is 20.7 Å². The minimum absolute atomic E-state index is 0.152. The molecule has 1 aromatic heterocycles. The lowest BCUT2D eigenvalue weighted by atomic mass is 10.0. The molecule has 2 heterocycles. The Balaban J connectivity index is 2.01. The Morgan fingerprint density at radius 1 is 1.47 bits per heavy atom. The Morgan fingerprint density at radius 2 is 2.26 bits per heavy atom. The van der Waals surface area contributed by atoms with Crippen molar-refractivity contribution in [2.24, 2.45) is 5.92 Å². The van der Waals surface area contributed by atoms with E-state index in [4.69, 9.17) is 9.84 Å². The van der Waals surface area contributed by atoms with Gasteiger partial charge in [-0.15, -0.1) is 0 Å². The predicted octanol–water partition coefficient (Wildman–Crippen LogP) is 0.182. The number of aliphatic carboxylic acids is 1. The molecule has 1 saturated heterocycles. The molecule has 0 aliphatic carbocycles. The molecule has 19 heavy (non-hydrogen) atoms. The molecular weight excluding hydrogens is 248 g/mol. The van der Waals surface area contributed by atoms with Gasteiger partial charge < -0.3 is 14.7 Å². The summed E-state index contributed by atoms with van der Waals surface area (Å²) in [7, 11) is 1.61. The summed E-state index contributed by atoms with van der Waals surface area (Å²) in [5.41, 5.74) is 0.671. The Bertz CT molecular complexity index is 463. The van der Waals surface area contributed by atoms with Crippen molar-refractivity contribution in [2.45, 2.75) is 12.5 Å². The SMILES string of the molecule is CN(C(=O)Cc1ccccn1)C1COCC1C(=O)O. The molecule has 2 atom stereocenters. The molecule has 6 nitrogen and oxygen atoms in total. The number of amides is 1. The summed E-state index contributed by atoms with van der Waals surface area (Å²) in [6, 6.07) is 4.96. The second kappa shape index (κ2) is 5.79. The van der Waals surface area contributed by atoms with Crippen molar-refractivity contribution in [3.8, 4) is 0 Å². The van der Waals surface area contributed by atoms with Gasteiger partial charge in [-0.2, -0.15) is 0 Å². The number of rotatable bonds is 4. The van der Waals surface area contributed by atoms with Crippen molar-refractivity contribution < 1.29 is 19.4 Å². The average Bonchev–Trinajstić information content (AvgIpc) is 2.88. The highest BCUT2D eigenvalue weighted by Gasteiger charge is 2.38. The lowest BCUT2D eigenvalue weighted by molar-refractivity contribution is -0.144. The first-order chi connectivity index (χ1) is 9.09. The smallest absolute Gasteiger partial charge is 0.311 e. The van der Waals surface area contributed by atoms with E-state index in [0.29, 0.717) is 5.69 Å². The fourth-order valence-corrected chi connectivity index (χ4v) is 2.13. The summed E-state index contributed by atoms with van der Waals surface area (Å²) >= 11 is 0. The molecule has 102 valence electrons. The van der Waals surface area contributed by atoms with Crippen LogP contribution in [0.2, 0.25) is 0 Å². The quantitative estimate of drug-likeness (QED) is 0.839. The number of pyridine rings is 1. The van der Waals surface area contributed by atoms with Crippen LogP contribution in [0.25, 0.3) is 0 Å². The first-order valence-corrected chi connectivity index (χ1v) is 6.05. The van der Waals surface area contributed by atoms with Crippen LogP contribution in [0, 0.1) is 5.92 Å². The van der Waals surface area contributed by atoms with Gasteiger partial charge >= 0.3 is 5.97 Å². The Kier molecular flexibility index (Phi) is 4.11. The van der Waals surface area contributed by atoms with E-state index >= 15 is 0 Å². The molecule has 0 spiro atoms. The molecule has 6 heteroatoms. The number of nitrogens with zero attached hydrogens (tertiary/aromatic N) is 2. The van der Waals surface area contributed by atoms with Gasteiger partial charge in [0.25, 0.3) is 0 Å². The molecule has 1 amide bonds. The van der Waals surface area contributed by atoms with E-state index in [9.17, 15) is 9.59 Å². The number of hydrogen-bond donors (Lipinski definition) is 1. The number of carboxylic acids is 1. The topological polar surface area (TPSA) is 79.7 Å². The zero-order valence-electron chi connectivity index (χ0n) is 10.7. The highest BCUT2D eigenvalue weighted by Crippen LogP contribution is 2.19. The van der Waals surface area contributed by atoms with Crippen LogP contribution in [0.5, 0.6) is 0 Å². The van der Waals surface area contributed by atoms with Crippen LogP contribution in [0.15, 0.2) is 24.4 Å². The Labute approximate surface area is 111 Å².